The fourth-order valence-corrected chi connectivity index (χ4v) is 1.52. The van der Waals surface area contributed by atoms with Crippen LogP contribution in [0.3, 0.4) is 0 Å². The average molecular weight is 230 g/mol. The third kappa shape index (κ3) is 2.98. The Morgan fingerprint density at radius 2 is 2.18 bits per heavy atom. The van der Waals surface area contributed by atoms with Gasteiger partial charge in [0.1, 0.15) is 6.33 Å². The number of nitrogens with zero attached hydrogens (tertiary/aromatic N) is 3. The van der Waals surface area contributed by atoms with Crippen molar-refractivity contribution in [1.29, 1.82) is 0 Å². The Morgan fingerprint density at radius 3 is 2.88 bits per heavy atom. The highest BCUT2D eigenvalue weighted by molar-refractivity contribution is 5.18. The van der Waals surface area contributed by atoms with Crippen LogP contribution in [0, 0.1) is 0 Å². The lowest BCUT2D eigenvalue weighted by Gasteiger charge is -2.10. The van der Waals surface area contributed by atoms with Crippen LogP contribution in [0.5, 0.6) is 5.88 Å². The predicted molar refractivity (Wildman–Crippen MR) is 63.5 cm³/mol. The maximum Gasteiger partial charge on any atom is 0.216 e. The predicted octanol–water partition coefficient (Wildman–Crippen LogP) is 1.12. The number of nitrogens with two attached hydrogens (primary N) is 1. The number of aromatic nitrogens is 3. The Balaban J connectivity index is 2.11. The normalized spacial score (nSPS) is 12.1. The summed E-state index contributed by atoms with van der Waals surface area (Å²) in [5.41, 5.74) is 7.76. The second-order valence-corrected chi connectivity index (χ2v) is 3.62. The van der Waals surface area contributed by atoms with Gasteiger partial charge < -0.3 is 10.5 Å². The summed E-state index contributed by atoms with van der Waals surface area (Å²) < 4.78 is 5.03. The van der Waals surface area contributed by atoms with Crippen LogP contribution in [0.2, 0.25) is 0 Å². The molecule has 2 rings (SSSR count). The monoisotopic (exact) mass is 230 g/mol. The maximum atomic E-state index is 6.06. The Hall–Kier alpha value is -2.01. The molecule has 0 saturated carbocycles. The number of rotatable bonds is 4. The summed E-state index contributed by atoms with van der Waals surface area (Å²) in [6.07, 6.45) is 3.84. The number of pyridine rings is 1. The Labute approximate surface area is 99.7 Å². The van der Waals surface area contributed by atoms with Gasteiger partial charge in [-0.2, -0.15) is 0 Å². The molecule has 2 aromatic heterocycles. The third-order valence-electron chi connectivity index (χ3n) is 2.41. The van der Waals surface area contributed by atoms with E-state index in [1.807, 2.05) is 18.2 Å². The first-order valence-corrected chi connectivity index (χ1v) is 5.31. The molecule has 0 aliphatic heterocycles. The molecule has 1 unspecified atom stereocenters. The van der Waals surface area contributed by atoms with E-state index in [4.69, 9.17) is 10.5 Å². The van der Waals surface area contributed by atoms with Crippen LogP contribution in [-0.2, 0) is 6.42 Å². The van der Waals surface area contributed by atoms with Gasteiger partial charge in [-0.15, -0.1) is 0 Å². The van der Waals surface area contributed by atoms with Gasteiger partial charge in [-0.05, 0) is 12.1 Å². The Kier molecular flexibility index (Phi) is 3.62. The molecule has 5 nitrogen and oxygen atoms in total. The average Bonchev–Trinajstić information content (AvgIpc) is 2.40. The van der Waals surface area contributed by atoms with Gasteiger partial charge in [0.25, 0.3) is 0 Å². The lowest BCUT2D eigenvalue weighted by atomic mass is 10.1. The van der Waals surface area contributed by atoms with Crippen molar-refractivity contribution < 1.29 is 4.74 Å². The van der Waals surface area contributed by atoms with Gasteiger partial charge in [-0.1, -0.05) is 6.07 Å². The zero-order chi connectivity index (χ0) is 12.1. The van der Waals surface area contributed by atoms with E-state index in [1.54, 1.807) is 19.4 Å². The van der Waals surface area contributed by atoms with E-state index < -0.39 is 0 Å². The van der Waals surface area contributed by atoms with Gasteiger partial charge in [-0.25, -0.2) is 9.97 Å². The van der Waals surface area contributed by atoms with Gasteiger partial charge >= 0.3 is 0 Å². The molecule has 0 aromatic carbocycles. The fraction of sp³-hybridized carbons (Fsp3) is 0.250. The molecule has 2 aromatic rings. The minimum atomic E-state index is -0.207. The van der Waals surface area contributed by atoms with Crippen LogP contribution in [0.4, 0.5) is 0 Å². The smallest absolute Gasteiger partial charge is 0.216 e. The van der Waals surface area contributed by atoms with E-state index in [1.165, 1.54) is 6.33 Å². The van der Waals surface area contributed by atoms with Crippen LogP contribution in [0.1, 0.15) is 17.4 Å². The molecule has 0 spiro atoms. The van der Waals surface area contributed by atoms with Gasteiger partial charge in [0.05, 0.1) is 18.8 Å². The molecule has 17 heavy (non-hydrogen) atoms. The molecule has 2 heterocycles. The summed E-state index contributed by atoms with van der Waals surface area (Å²) in [7, 11) is 1.57. The summed E-state index contributed by atoms with van der Waals surface area (Å²) in [6, 6.07) is 7.30. The van der Waals surface area contributed by atoms with E-state index in [9.17, 15) is 0 Å². The number of methoxy groups -OCH3 is 1. The van der Waals surface area contributed by atoms with Crippen LogP contribution in [-0.4, -0.2) is 22.1 Å². The van der Waals surface area contributed by atoms with Crippen LogP contribution < -0.4 is 10.5 Å². The highest BCUT2D eigenvalue weighted by Crippen LogP contribution is 2.15. The maximum absolute atomic E-state index is 6.06. The van der Waals surface area contributed by atoms with E-state index in [-0.39, 0.29) is 6.04 Å². The molecule has 0 aliphatic carbocycles. The molecule has 88 valence electrons. The Morgan fingerprint density at radius 1 is 1.29 bits per heavy atom. The van der Waals surface area contributed by atoms with Crippen molar-refractivity contribution >= 4 is 0 Å². The Bertz CT molecular complexity index is 475. The number of ether oxygens (including phenoxy) is 1. The summed E-state index contributed by atoms with van der Waals surface area (Å²) in [5, 5.41) is 0. The lowest BCUT2D eigenvalue weighted by Crippen LogP contribution is -2.15. The zero-order valence-corrected chi connectivity index (χ0v) is 9.58. The second kappa shape index (κ2) is 5.36. The lowest BCUT2D eigenvalue weighted by molar-refractivity contribution is 0.395. The fourth-order valence-electron chi connectivity index (χ4n) is 1.52. The van der Waals surface area contributed by atoms with Crippen molar-refractivity contribution in [2.24, 2.45) is 5.73 Å². The van der Waals surface area contributed by atoms with Gasteiger partial charge in [0.2, 0.25) is 5.88 Å². The van der Waals surface area contributed by atoms with Crippen LogP contribution >= 0.6 is 0 Å². The summed E-state index contributed by atoms with van der Waals surface area (Å²) in [5.74, 6) is 0.520. The summed E-state index contributed by atoms with van der Waals surface area (Å²) in [6.45, 7) is 0. The topological polar surface area (TPSA) is 73.9 Å². The standard InChI is InChI=1S/C12H14N4O/c1-17-12-7-11(15-8-16-12)10(13)6-9-4-2-3-5-14-9/h2-5,7-8,10H,6,13H2,1H3. The van der Waals surface area contributed by atoms with Crippen LogP contribution in [0.15, 0.2) is 36.8 Å². The highest BCUT2D eigenvalue weighted by Gasteiger charge is 2.10. The summed E-state index contributed by atoms with van der Waals surface area (Å²) in [4.78, 5) is 12.3. The quantitative estimate of drug-likeness (QED) is 0.852. The number of hydrogen-bond donors (Lipinski definition) is 1. The first-order chi connectivity index (χ1) is 8.29. The highest BCUT2D eigenvalue weighted by atomic mass is 16.5. The second-order valence-electron chi connectivity index (χ2n) is 3.62. The van der Waals surface area contributed by atoms with E-state index in [0.717, 1.165) is 11.4 Å². The van der Waals surface area contributed by atoms with E-state index >= 15 is 0 Å². The third-order valence-corrected chi connectivity index (χ3v) is 2.41. The largest absolute Gasteiger partial charge is 0.481 e. The van der Waals surface area contributed by atoms with Crippen molar-refractivity contribution in [2.45, 2.75) is 12.5 Å². The molecule has 2 N–H and O–H groups in total. The minimum absolute atomic E-state index is 0.207. The molecule has 0 amide bonds. The first kappa shape index (κ1) is 11.5. The molecule has 0 fully saturated rings. The molecule has 0 saturated heterocycles. The molecule has 1 atom stereocenters. The van der Waals surface area contributed by atoms with Crippen molar-refractivity contribution in [1.82, 2.24) is 15.0 Å². The van der Waals surface area contributed by atoms with E-state index in [2.05, 4.69) is 15.0 Å². The molecule has 0 aliphatic rings. The number of hydrogen-bond acceptors (Lipinski definition) is 5. The molecular weight excluding hydrogens is 216 g/mol. The zero-order valence-electron chi connectivity index (χ0n) is 9.58. The van der Waals surface area contributed by atoms with Crippen molar-refractivity contribution in [3.8, 4) is 5.88 Å². The van der Waals surface area contributed by atoms with Gasteiger partial charge in [-0.3, -0.25) is 4.98 Å². The minimum Gasteiger partial charge on any atom is -0.481 e. The van der Waals surface area contributed by atoms with Crippen LogP contribution in [0.25, 0.3) is 0 Å². The first-order valence-electron chi connectivity index (χ1n) is 5.31. The molecule has 0 bridgehead atoms. The molecule has 5 heteroatoms. The van der Waals surface area contributed by atoms with Gasteiger partial charge in [0, 0.05) is 24.4 Å². The molecule has 0 radical (unpaired) electrons. The van der Waals surface area contributed by atoms with Crippen molar-refractivity contribution in [3.05, 3.63) is 48.2 Å². The van der Waals surface area contributed by atoms with Crippen molar-refractivity contribution in [2.75, 3.05) is 7.11 Å². The summed E-state index contributed by atoms with van der Waals surface area (Å²) >= 11 is 0. The van der Waals surface area contributed by atoms with E-state index in [0.29, 0.717) is 12.3 Å². The molecular formula is C12H14N4O. The van der Waals surface area contributed by atoms with Crippen molar-refractivity contribution in [3.63, 3.8) is 0 Å². The van der Waals surface area contributed by atoms with Gasteiger partial charge in [0.15, 0.2) is 0 Å². The SMILES string of the molecule is COc1cc(C(N)Cc2ccccn2)ncn1.